The van der Waals surface area contributed by atoms with E-state index in [1.165, 1.54) is 23.5 Å². The Bertz CT molecular complexity index is 739. The quantitative estimate of drug-likeness (QED) is 0.547. The molecule has 0 bridgehead atoms. The first kappa shape index (κ1) is 19.2. The Morgan fingerprint density at radius 3 is 2.58 bits per heavy atom. The second kappa shape index (κ2) is 8.85. The number of carbonyl (C=O) groups is 1. The highest BCUT2D eigenvalue weighted by Gasteiger charge is 2.21. The van der Waals surface area contributed by atoms with Crippen molar-refractivity contribution in [2.45, 2.75) is 49.7 Å². The van der Waals surface area contributed by atoms with Crippen molar-refractivity contribution in [3.8, 4) is 0 Å². The average Bonchev–Trinajstić information content (AvgIpc) is 3.06. The van der Waals surface area contributed by atoms with Crippen LogP contribution in [0.15, 0.2) is 20.9 Å². The number of aromatic nitrogens is 4. The van der Waals surface area contributed by atoms with Crippen LogP contribution in [-0.4, -0.2) is 49.8 Å². The predicted octanol–water partition coefficient (Wildman–Crippen LogP) is 3.12. The van der Waals surface area contributed by atoms with Crippen LogP contribution in [0, 0.1) is 19.8 Å². The molecule has 0 unspecified atom stereocenters. The molecule has 1 aliphatic heterocycles. The van der Waals surface area contributed by atoms with Crippen LogP contribution in [0.1, 0.15) is 37.0 Å². The van der Waals surface area contributed by atoms with Gasteiger partial charge in [0.15, 0.2) is 5.16 Å². The van der Waals surface area contributed by atoms with Crippen molar-refractivity contribution in [2.75, 3.05) is 18.8 Å². The normalized spacial score (nSPS) is 15.4. The molecule has 2 aromatic heterocycles. The minimum Gasteiger partial charge on any atom is -0.415 e. The van der Waals surface area contributed by atoms with Crippen molar-refractivity contribution in [3.05, 3.63) is 23.3 Å². The van der Waals surface area contributed by atoms with Crippen LogP contribution in [-0.2, 0) is 10.5 Å². The highest BCUT2D eigenvalue weighted by molar-refractivity contribution is 7.99. The molecule has 140 valence electrons. The zero-order chi connectivity index (χ0) is 18.5. The SMILES string of the molecule is Cc1cc(C)nc(SCc2nnc(SCC(=O)N3CCC(C)CC3)o2)n1. The van der Waals surface area contributed by atoms with Gasteiger partial charge < -0.3 is 9.32 Å². The lowest BCUT2D eigenvalue weighted by Crippen LogP contribution is -2.38. The topological polar surface area (TPSA) is 85.0 Å². The Labute approximate surface area is 161 Å². The smallest absolute Gasteiger partial charge is 0.277 e. The van der Waals surface area contributed by atoms with Gasteiger partial charge in [0.2, 0.25) is 11.8 Å². The molecule has 0 atom stereocenters. The van der Waals surface area contributed by atoms with Crippen LogP contribution in [0.3, 0.4) is 0 Å². The number of hydrogen-bond acceptors (Lipinski definition) is 8. The Hall–Kier alpha value is -1.61. The third-order valence-electron chi connectivity index (χ3n) is 4.19. The Morgan fingerprint density at radius 1 is 1.19 bits per heavy atom. The van der Waals surface area contributed by atoms with Gasteiger partial charge in [-0.25, -0.2) is 9.97 Å². The van der Waals surface area contributed by atoms with Gasteiger partial charge in [-0.1, -0.05) is 30.4 Å². The number of likely N-dealkylation sites (tertiary alicyclic amines) is 1. The number of amides is 1. The van der Waals surface area contributed by atoms with Crippen molar-refractivity contribution in [1.82, 2.24) is 25.1 Å². The van der Waals surface area contributed by atoms with E-state index >= 15 is 0 Å². The molecule has 7 nitrogen and oxygen atoms in total. The number of aryl methyl sites for hydroxylation is 2. The molecule has 0 saturated carbocycles. The third-order valence-corrected chi connectivity index (χ3v) is 5.83. The van der Waals surface area contributed by atoms with Gasteiger partial charge in [-0.2, -0.15) is 0 Å². The molecule has 1 saturated heterocycles. The fourth-order valence-electron chi connectivity index (χ4n) is 2.71. The molecule has 0 spiro atoms. The molecule has 0 aliphatic carbocycles. The molecule has 9 heteroatoms. The zero-order valence-electron chi connectivity index (χ0n) is 15.3. The lowest BCUT2D eigenvalue weighted by atomic mass is 9.99. The first-order valence-corrected chi connectivity index (χ1v) is 10.6. The van der Waals surface area contributed by atoms with E-state index < -0.39 is 0 Å². The van der Waals surface area contributed by atoms with Gasteiger partial charge in [0.25, 0.3) is 5.22 Å². The fourth-order valence-corrected chi connectivity index (χ4v) is 4.18. The van der Waals surface area contributed by atoms with Gasteiger partial charge in [0.05, 0.1) is 11.5 Å². The number of carbonyl (C=O) groups excluding carboxylic acids is 1. The van der Waals surface area contributed by atoms with Crippen LogP contribution in [0.5, 0.6) is 0 Å². The molecule has 3 rings (SSSR count). The molecule has 2 aromatic rings. The minimum absolute atomic E-state index is 0.139. The highest BCUT2D eigenvalue weighted by Crippen LogP contribution is 2.23. The first-order chi connectivity index (χ1) is 12.5. The van der Waals surface area contributed by atoms with Crippen molar-refractivity contribution < 1.29 is 9.21 Å². The van der Waals surface area contributed by atoms with Crippen molar-refractivity contribution in [1.29, 1.82) is 0 Å². The standard InChI is InChI=1S/C17H23N5O2S2/c1-11-4-6-22(7-5-11)15(23)10-26-17-21-20-14(24-17)9-25-16-18-12(2)8-13(3)19-16/h8,11H,4-7,9-10H2,1-3H3. The summed E-state index contributed by atoms with van der Waals surface area (Å²) in [6.45, 7) is 7.82. The molecule has 0 radical (unpaired) electrons. The summed E-state index contributed by atoms with van der Waals surface area (Å²) in [4.78, 5) is 22.9. The lowest BCUT2D eigenvalue weighted by molar-refractivity contribution is -0.129. The Balaban J connectivity index is 1.46. The van der Waals surface area contributed by atoms with Crippen molar-refractivity contribution in [3.63, 3.8) is 0 Å². The lowest BCUT2D eigenvalue weighted by Gasteiger charge is -2.30. The van der Waals surface area contributed by atoms with Gasteiger partial charge in [0, 0.05) is 24.5 Å². The maximum Gasteiger partial charge on any atom is 0.277 e. The van der Waals surface area contributed by atoms with E-state index in [0.29, 0.717) is 33.7 Å². The number of thioether (sulfide) groups is 2. The van der Waals surface area contributed by atoms with E-state index in [-0.39, 0.29) is 5.91 Å². The van der Waals surface area contributed by atoms with E-state index in [4.69, 9.17) is 4.42 Å². The van der Waals surface area contributed by atoms with Crippen molar-refractivity contribution in [2.24, 2.45) is 5.92 Å². The fraction of sp³-hybridized carbons (Fsp3) is 0.588. The monoisotopic (exact) mass is 393 g/mol. The summed E-state index contributed by atoms with van der Waals surface area (Å²) in [7, 11) is 0. The first-order valence-electron chi connectivity index (χ1n) is 8.67. The summed E-state index contributed by atoms with van der Waals surface area (Å²) in [6.07, 6.45) is 2.16. The van der Waals surface area contributed by atoms with E-state index in [9.17, 15) is 4.79 Å². The van der Waals surface area contributed by atoms with Crippen LogP contribution in [0.25, 0.3) is 0 Å². The Morgan fingerprint density at radius 2 is 1.88 bits per heavy atom. The molecular weight excluding hydrogens is 370 g/mol. The minimum atomic E-state index is 0.139. The van der Waals surface area contributed by atoms with Gasteiger partial charge in [-0.15, -0.1) is 10.2 Å². The van der Waals surface area contributed by atoms with E-state index in [2.05, 4.69) is 27.1 Å². The third kappa shape index (κ3) is 5.44. The summed E-state index contributed by atoms with van der Waals surface area (Å²) in [5.74, 6) is 2.21. The van der Waals surface area contributed by atoms with Crippen LogP contribution in [0.4, 0.5) is 0 Å². The van der Waals surface area contributed by atoms with Gasteiger partial charge in [-0.3, -0.25) is 4.79 Å². The predicted molar refractivity (Wildman–Crippen MR) is 101 cm³/mol. The summed E-state index contributed by atoms with van der Waals surface area (Å²) >= 11 is 2.76. The second-order valence-corrected chi connectivity index (χ2v) is 8.40. The molecular formula is C17H23N5O2S2. The van der Waals surface area contributed by atoms with Crippen LogP contribution < -0.4 is 0 Å². The van der Waals surface area contributed by atoms with E-state index in [0.717, 1.165) is 37.3 Å². The van der Waals surface area contributed by atoms with Gasteiger partial charge >= 0.3 is 0 Å². The molecule has 3 heterocycles. The molecule has 1 amide bonds. The summed E-state index contributed by atoms with van der Waals surface area (Å²) in [5.41, 5.74) is 1.87. The number of piperidine rings is 1. The van der Waals surface area contributed by atoms with Crippen molar-refractivity contribution >= 4 is 29.4 Å². The average molecular weight is 394 g/mol. The van der Waals surface area contributed by atoms with Crippen LogP contribution in [0.2, 0.25) is 0 Å². The molecule has 26 heavy (non-hydrogen) atoms. The van der Waals surface area contributed by atoms with Crippen LogP contribution >= 0.6 is 23.5 Å². The highest BCUT2D eigenvalue weighted by atomic mass is 32.2. The number of rotatable bonds is 6. The second-order valence-electron chi connectivity index (χ2n) is 6.54. The van der Waals surface area contributed by atoms with Gasteiger partial charge in [0.1, 0.15) is 0 Å². The largest absolute Gasteiger partial charge is 0.415 e. The van der Waals surface area contributed by atoms with E-state index in [1.54, 1.807) is 0 Å². The Kier molecular flexibility index (Phi) is 6.53. The maximum absolute atomic E-state index is 12.3. The molecule has 0 aromatic carbocycles. The molecule has 1 aliphatic rings. The number of hydrogen-bond donors (Lipinski definition) is 0. The summed E-state index contributed by atoms with van der Waals surface area (Å²) in [6, 6.07) is 1.94. The van der Waals surface area contributed by atoms with Gasteiger partial charge in [-0.05, 0) is 38.7 Å². The maximum atomic E-state index is 12.3. The molecule has 0 N–H and O–H groups in total. The number of nitrogens with zero attached hydrogens (tertiary/aromatic N) is 5. The molecule has 1 fully saturated rings. The summed E-state index contributed by atoms with van der Waals surface area (Å²) in [5, 5.41) is 9.18. The van der Waals surface area contributed by atoms with E-state index in [1.807, 2.05) is 24.8 Å². The summed E-state index contributed by atoms with van der Waals surface area (Å²) < 4.78 is 5.61. The zero-order valence-corrected chi connectivity index (χ0v) is 16.9.